The normalized spacial score (nSPS) is 16.7. The Morgan fingerprint density at radius 1 is 1.13 bits per heavy atom. The van der Waals surface area contributed by atoms with Gasteiger partial charge in [0.05, 0.1) is 7.11 Å². The summed E-state index contributed by atoms with van der Waals surface area (Å²) in [7, 11) is 1.56. The van der Waals surface area contributed by atoms with Crippen molar-refractivity contribution in [2.75, 3.05) is 7.11 Å². The molecule has 1 saturated carbocycles. The number of hydrogen-bond acceptors (Lipinski definition) is 3. The number of nitrogens with two attached hydrogens (primary N) is 1. The summed E-state index contributed by atoms with van der Waals surface area (Å²) in [6.45, 7) is 2.25. The summed E-state index contributed by atoms with van der Waals surface area (Å²) in [5.74, 6) is 0.441. The molecule has 1 fully saturated rings. The summed E-state index contributed by atoms with van der Waals surface area (Å²) < 4.78 is 26.1. The molecule has 23 heavy (non-hydrogen) atoms. The summed E-state index contributed by atoms with van der Waals surface area (Å²) in [6, 6.07) is 13.0. The summed E-state index contributed by atoms with van der Waals surface area (Å²) in [4.78, 5) is 0. The van der Waals surface area contributed by atoms with Crippen LogP contribution in [0.2, 0.25) is 0 Å². The second-order valence-electron chi connectivity index (χ2n) is 6.17. The maximum absolute atomic E-state index is 15.1. The molecule has 0 aromatic heterocycles. The van der Waals surface area contributed by atoms with Gasteiger partial charge < -0.3 is 15.2 Å². The van der Waals surface area contributed by atoms with Crippen LogP contribution in [0.5, 0.6) is 11.5 Å². The second-order valence-corrected chi connectivity index (χ2v) is 6.17. The molecule has 122 valence electrons. The van der Waals surface area contributed by atoms with E-state index in [1.807, 2.05) is 37.3 Å². The Balaban J connectivity index is 1.91. The number of ether oxygens (including phenoxy) is 2. The zero-order chi connectivity index (χ0) is 16.4. The number of halogens is 1. The molecule has 0 spiro atoms. The van der Waals surface area contributed by atoms with Crippen molar-refractivity contribution in [2.45, 2.75) is 37.8 Å². The molecular formula is C19H22FNO2. The van der Waals surface area contributed by atoms with E-state index in [0.717, 1.165) is 18.4 Å². The zero-order valence-electron chi connectivity index (χ0n) is 13.5. The lowest BCUT2D eigenvalue weighted by molar-refractivity contribution is 0.285. The van der Waals surface area contributed by atoms with Crippen LogP contribution in [0.25, 0.3) is 0 Å². The first-order chi connectivity index (χ1) is 11.1. The number of methoxy groups -OCH3 is 1. The van der Waals surface area contributed by atoms with Gasteiger partial charge >= 0.3 is 0 Å². The van der Waals surface area contributed by atoms with Gasteiger partial charge in [0.15, 0.2) is 11.6 Å². The van der Waals surface area contributed by atoms with E-state index in [-0.39, 0.29) is 23.0 Å². The number of rotatable bonds is 6. The average Bonchev–Trinajstić information content (AvgIpc) is 3.36. The zero-order valence-corrected chi connectivity index (χ0v) is 13.5. The highest BCUT2D eigenvalue weighted by atomic mass is 19.1. The van der Waals surface area contributed by atoms with Gasteiger partial charge in [-0.3, -0.25) is 0 Å². The van der Waals surface area contributed by atoms with E-state index in [1.54, 1.807) is 19.2 Å². The second kappa shape index (κ2) is 6.20. The molecule has 0 aliphatic heterocycles. The fraction of sp³-hybridized carbons (Fsp3) is 0.368. The first-order valence-electron chi connectivity index (χ1n) is 7.88. The molecule has 3 rings (SSSR count). The van der Waals surface area contributed by atoms with E-state index in [1.165, 1.54) is 0 Å². The molecule has 2 aromatic rings. The van der Waals surface area contributed by atoms with Crippen molar-refractivity contribution in [1.29, 1.82) is 0 Å². The molecular weight excluding hydrogens is 293 g/mol. The maximum atomic E-state index is 15.1. The highest BCUT2D eigenvalue weighted by Gasteiger charge is 2.51. The minimum Gasteiger partial charge on any atom is -0.496 e. The van der Waals surface area contributed by atoms with Crippen molar-refractivity contribution in [2.24, 2.45) is 5.73 Å². The van der Waals surface area contributed by atoms with Gasteiger partial charge in [0, 0.05) is 17.0 Å². The molecule has 0 saturated heterocycles. The SMILES string of the molecule is COc1ccc(OCc2ccccc2)c(F)c1C1(C(C)N)CC1. The molecule has 0 amide bonds. The van der Waals surface area contributed by atoms with Crippen LogP contribution in [-0.2, 0) is 12.0 Å². The Bertz CT molecular complexity index is 681. The molecule has 2 aromatic carbocycles. The molecule has 4 heteroatoms. The lowest BCUT2D eigenvalue weighted by atomic mass is 9.88. The smallest absolute Gasteiger partial charge is 0.172 e. The third-order valence-corrected chi connectivity index (χ3v) is 4.68. The van der Waals surface area contributed by atoms with Crippen molar-refractivity contribution >= 4 is 0 Å². The molecule has 1 atom stereocenters. The lowest BCUT2D eigenvalue weighted by Gasteiger charge is -2.24. The summed E-state index contributed by atoms with van der Waals surface area (Å²) in [5, 5.41) is 0. The topological polar surface area (TPSA) is 44.5 Å². The molecule has 2 N–H and O–H groups in total. The highest BCUT2D eigenvalue weighted by molar-refractivity contribution is 5.50. The Hall–Kier alpha value is -2.07. The van der Waals surface area contributed by atoms with E-state index in [2.05, 4.69) is 0 Å². The summed E-state index contributed by atoms with van der Waals surface area (Å²) >= 11 is 0. The Morgan fingerprint density at radius 3 is 2.35 bits per heavy atom. The van der Waals surface area contributed by atoms with Crippen molar-refractivity contribution in [1.82, 2.24) is 0 Å². The quantitative estimate of drug-likeness (QED) is 0.882. The van der Waals surface area contributed by atoms with Crippen LogP contribution in [0.3, 0.4) is 0 Å². The molecule has 3 nitrogen and oxygen atoms in total. The van der Waals surface area contributed by atoms with Crippen LogP contribution >= 0.6 is 0 Å². The molecule has 0 heterocycles. The minimum absolute atomic E-state index is 0.129. The highest BCUT2D eigenvalue weighted by Crippen LogP contribution is 2.55. The number of benzene rings is 2. The Labute approximate surface area is 136 Å². The van der Waals surface area contributed by atoms with Gasteiger partial charge in [0.1, 0.15) is 12.4 Å². The van der Waals surface area contributed by atoms with Crippen molar-refractivity contribution in [3.8, 4) is 11.5 Å². The van der Waals surface area contributed by atoms with E-state index in [0.29, 0.717) is 17.9 Å². The van der Waals surface area contributed by atoms with E-state index in [4.69, 9.17) is 15.2 Å². The van der Waals surface area contributed by atoms with Gasteiger partial charge in [-0.05, 0) is 37.5 Å². The van der Waals surface area contributed by atoms with Crippen LogP contribution < -0.4 is 15.2 Å². The third kappa shape index (κ3) is 2.91. The predicted octanol–water partition coefficient (Wildman–Crippen LogP) is 3.79. The number of hydrogen-bond donors (Lipinski definition) is 1. The fourth-order valence-corrected chi connectivity index (χ4v) is 3.09. The van der Waals surface area contributed by atoms with Crippen molar-refractivity contribution in [3.63, 3.8) is 0 Å². The largest absolute Gasteiger partial charge is 0.496 e. The summed E-state index contributed by atoms with van der Waals surface area (Å²) in [5.41, 5.74) is 7.33. The minimum atomic E-state index is -0.352. The Morgan fingerprint density at radius 2 is 1.78 bits per heavy atom. The van der Waals surface area contributed by atoms with Crippen molar-refractivity contribution in [3.05, 3.63) is 59.4 Å². The van der Waals surface area contributed by atoms with Gasteiger partial charge in [-0.2, -0.15) is 0 Å². The van der Waals surface area contributed by atoms with Crippen LogP contribution in [0.1, 0.15) is 30.9 Å². The van der Waals surface area contributed by atoms with Crippen molar-refractivity contribution < 1.29 is 13.9 Å². The first-order valence-corrected chi connectivity index (χ1v) is 7.88. The molecule has 0 bridgehead atoms. The standard InChI is InChI=1S/C19H22FNO2/c1-13(21)19(10-11-19)17-15(22-2)8-9-16(18(17)20)23-12-14-6-4-3-5-7-14/h3-9,13H,10-12,21H2,1-2H3. The van der Waals surface area contributed by atoms with E-state index < -0.39 is 0 Å². The van der Waals surface area contributed by atoms with Gasteiger partial charge in [-0.25, -0.2) is 4.39 Å². The molecule has 1 aliphatic rings. The van der Waals surface area contributed by atoms with E-state index >= 15 is 4.39 Å². The van der Waals surface area contributed by atoms with Crippen LogP contribution in [0.15, 0.2) is 42.5 Å². The molecule has 0 radical (unpaired) electrons. The van der Waals surface area contributed by atoms with Gasteiger partial charge in [-0.1, -0.05) is 30.3 Å². The van der Waals surface area contributed by atoms with Crippen LogP contribution in [0.4, 0.5) is 4.39 Å². The average molecular weight is 315 g/mol. The van der Waals surface area contributed by atoms with Crippen LogP contribution in [-0.4, -0.2) is 13.2 Å². The van der Waals surface area contributed by atoms with Gasteiger partial charge in [-0.15, -0.1) is 0 Å². The monoisotopic (exact) mass is 315 g/mol. The Kier molecular flexibility index (Phi) is 4.26. The molecule has 1 unspecified atom stereocenters. The van der Waals surface area contributed by atoms with Gasteiger partial charge in [0.2, 0.25) is 0 Å². The third-order valence-electron chi connectivity index (χ3n) is 4.68. The molecule has 1 aliphatic carbocycles. The summed E-state index contributed by atoms with van der Waals surface area (Å²) in [6.07, 6.45) is 1.75. The maximum Gasteiger partial charge on any atom is 0.172 e. The predicted molar refractivity (Wildman–Crippen MR) is 88.3 cm³/mol. The fourth-order valence-electron chi connectivity index (χ4n) is 3.09. The van der Waals surface area contributed by atoms with E-state index in [9.17, 15) is 0 Å². The lowest BCUT2D eigenvalue weighted by Crippen LogP contribution is -2.32. The van der Waals surface area contributed by atoms with Crippen LogP contribution in [0, 0.1) is 5.82 Å². The first kappa shape index (κ1) is 15.8. The van der Waals surface area contributed by atoms with Gasteiger partial charge in [0.25, 0.3) is 0 Å².